The van der Waals surface area contributed by atoms with Crippen molar-refractivity contribution in [2.45, 2.75) is 6.92 Å². The second-order valence-electron chi connectivity index (χ2n) is 5.50. The lowest BCUT2D eigenvalue weighted by Crippen LogP contribution is -2.10. The van der Waals surface area contributed by atoms with Crippen molar-refractivity contribution in [1.82, 2.24) is 14.9 Å². The molecule has 0 atom stereocenters. The summed E-state index contributed by atoms with van der Waals surface area (Å²) in [7, 11) is 0. The molecule has 0 amide bonds. The van der Waals surface area contributed by atoms with E-state index in [0.717, 1.165) is 15.8 Å². The second-order valence-corrected chi connectivity index (χ2v) is 6.82. The highest BCUT2D eigenvalue weighted by Crippen LogP contribution is 2.36. The minimum absolute atomic E-state index is 0.323. The molecule has 0 saturated carbocycles. The molecule has 0 aliphatic heterocycles. The lowest BCUT2D eigenvalue weighted by Gasteiger charge is -2.14. The third-order valence-corrected chi connectivity index (χ3v) is 4.30. The van der Waals surface area contributed by atoms with E-state index in [1.54, 1.807) is 12.3 Å². The van der Waals surface area contributed by atoms with Crippen LogP contribution in [-0.4, -0.2) is 40.9 Å². The summed E-state index contributed by atoms with van der Waals surface area (Å²) in [5.41, 5.74) is 0.764. The molecule has 0 saturated heterocycles. The van der Waals surface area contributed by atoms with Crippen molar-refractivity contribution in [2.75, 3.05) is 19.8 Å². The van der Waals surface area contributed by atoms with Crippen molar-refractivity contribution >= 4 is 33.7 Å². The van der Waals surface area contributed by atoms with Crippen molar-refractivity contribution < 1.29 is 14.2 Å². The molecule has 7 nitrogen and oxygen atoms in total. The molecule has 0 aliphatic carbocycles. The highest BCUT2D eigenvalue weighted by Gasteiger charge is 2.12. The highest BCUT2D eigenvalue weighted by molar-refractivity contribution is 9.10. The monoisotopic (exact) mass is 464 g/mol. The third kappa shape index (κ3) is 5.71. The molecule has 0 fully saturated rings. The molecule has 0 aliphatic rings. The molecule has 1 heterocycles. The van der Waals surface area contributed by atoms with Crippen molar-refractivity contribution in [3.63, 3.8) is 0 Å². The summed E-state index contributed by atoms with van der Waals surface area (Å²) in [6, 6.07) is 11.2. The van der Waals surface area contributed by atoms with Crippen LogP contribution in [0.5, 0.6) is 17.2 Å². The Balaban J connectivity index is 1.64. The normalized spacial score (nSPS) is 11.0. The molecule has 146 valence electrons. The maximum absolute atomic E-state index is 6.40. The van der Waals surface area contributed by atoms with Crippen molar-refractivity contribution in [2.24, 2.45) is 5.10 Å². The number of ether oxygens (including phenoxy) is 3. The molecule has 9 heteroatoms. The summed E-state index contributed by atoms with van der Waals surface area (Å²) in [5.74, 6) is 1.79. The minimum atomic E-state index is 0.323. The van der Waals surface area contributed by atoms with Gasteiger partial charge >= 0.3 is 0 Å². The number of rotatable bonds is 9. The van der Waals surface area contributed by atoms with Crippen molar-refractivity contribution in [3.05, 3.63) is 64.1 Å². The van der Waals surface area contributed by atoms with Crippen LogP contribution in [-0.2, 0) is 0 Å². The number of nitrogens with zero attached hydrogens (tertiary/aromatic N) is 4. The van der Waals surface area contributed by atoms with Crippen molar-refractivity contribution in [3.8, 4) is 17.2 Å². The van der Waals surface area contributed by atoms with Gasteiger partial charge in [-0.3, -0.25) is 0 Å². The number of aromatic nitrogens is 3. The predicted molar refractivity (Wildman–Crippen MR) is 111 cm³/mol. The van der Waals surface area contributed by atoms with Gasteiger partial charge < -0.3 is 14.2 Å². The van der Waals surface area contributed by atoms with Gasteiger partial charge in [0.1, 0.15) is 31.6 Å². The molecule has 0 bridgehead atoms. The topological polar surface area (TPSA) is 70.8 Å². The smallest absolute Gasteiger partial charge is 0.179 e. The fourth-order valence-corrected chi connectivity index (χ4v) is 2.83. The first-order chi connectivity index (χ1) is 13.7. The molecule has 0 unspecified atom stereocenters. The number of hydrogen-bond acceptors (Lipinski definition) is 6. The third-order valence-electron chi connectivity index (χ3n) is 3.49. The first-order valence-corrected chi connectivity index (χ1v) is 9.69. The SMILES string of the molecule is CCOc1cc(/C=N/n2cnnc2)cc(Cl)c1OCCOc1ccc(Br)cc1. The van der Waals surface area contributed by atoms with Gasteiger partial charge in [0.05, 0.1) is 17.8 Å². The van der Waals surface area contributed by atoms with Crippen LogP contribution >= 0.6 is 27.5 Å². The van der Waals surface area contributed by atoms with Gasteiger partial charge in [-0.1, -0.05) is 27.5 Å². The maximum Gasteiger partial charge on any atom is 0.179 e. The maximum atomic E-state index is 6.40. The number of hydrogen-bond donors (Lipinski definition) is 0. The van der Waals surface area contributed by atoms with Gasteiger partial charge in [-0.2, -0.15) is 5.10 Å². The zero-order valence-corrected chi connectivity index (χ0v) is 17.4. The van der Waals surface area contributed by atoms with E-state index in [9.17, 15) is 0 Å². The molecule has 0 N–H and O–H groups in total. The largest absolute Gasteiger partial charge is 0.490 e. The van der Waals surface area contributed by atoms with Gasteiger partial charge in [0.15, 0.2) is 11.5 Å². The second kappa shape index (κ2) is 10.1. The van der Waals surface area contributed by atoms with Crippen LogP contribution in [0.4, 0.5) is 0 Å². The first kappa shape index (κ1) is 20.2. The lowest BCUT2D eigenvalue weighted by atomic mass is 10.2. The molecule has 0 spiro atoms. The van der Waals surface area contributed by atoms with E-state index in [2.05, 4.69) is 31.2 Å². The highest BCUT2D eigenvalue weighted by atomic mass is 79.9. The van der Waals surface area contributed by atoms with E-state index in [-0.39, 0.29) is 0 Å². The molecular weight excluding hydrogens is 448 g/mol. The average molecular weight is 466 g/mol. The quantitative estimate of drug-likeness (QED) is 0.345. The molecule has 0 radical (unpaired) electrons. The molecule has 2 aromatic carbocycles. The van der Waals surface area contributed by atoms with Gasteiger partial charge in [0.25, 0.3) is 0 Å². The van der Waals surface area contributed by atoms with Crippen LogP contribution in [0.3, 0.4) is 0 Å². The van der Waals surface area contributed by atoms with E-state index in [4.69, 9.17) is 25.8 Å². The summed E-state index contributed by atoms with van der Waals surface area (Å²) in [5, 5.41) is 12.0. The molecule has 28 heavy (non-hydrogen) atoms. The van der Waals surface area contributed by atoms with Gasteiger partial charge in [0.2, 0.25) is 0 Å². The Morgan fingerprint density at radius 1 is 1.07 bits per heavy atom. The van der Waals surface area contributed by atoms with Gasteiger partial charge in [-0.05, 0) is 48.9 Å². The Hall–Kier alpha value is -2.58. The molecule has 3 rings (SSSR count). The van der Waals surface area contributed by atoms with Crippen molar-refractivity contribution in [1.29, 1.82) is 0 Å². The molecular formula is C19H18BrClN4O3. The Morgan fingerprint density at radius 3 is 2.50 bits per heavy atom. The van der Waals surface area contributed by atoms with Crippen LogP contribution in [0.25, 0.3) is 0 Å². The lowest BCUT2D eigenvalue weighted by molar-refractivity contribution is 0.208. The Labute approximate surface area is 176 Å². The van der Waals surface area contributed by atoms with Gasteiger partial charge in [0, 0.05) is 4.47 Å². The van der Waals surface area contributed by atoms with Crippen LogP contribution in [0.1, 0.15) is 12.5 Å². The van der Waals surface area contributed by atoms with Gasteiger partial charge in [-0.25, -0.2) is 4.68 Å². The van der Waals surface area contributed by atoms with Gasteiger partial charge in [-0.15, -0.1) is 10.2 Å². The number of benzene rings is 2. The van der Waals surface area contributed by atoms with Crippen LogP contribution in [0.15, 0.2) is 58.6 Å². The van der Waals surface area contributed by atoms with E-state index in [1.165, 1.54) is 17.3 Å². The Bertz CT molecular complexity index is 918. The summed E-state index contributed by atoms with van der Waals surface area (Å²) in [6.07, 6.45) is 4.62. The predicted octanol–water partition coefficient (Wildman–Crippen LogP) is 4.43. The fraction of sp³-hybridized carbons (Fsp3) is 0.211. The van der Waals surface area contributed by atoms with E-state index in [0.29, 0.717) is 36.3 Å². The Morgan fingerprint density at radius 2 is 1.79 bits per heavy atom. The fourth-order valence-electron chi connectivity index (χ4n) is 2.29. The minimum Gasteiger partial charge on any atom is -0.490 e. The summed E-state index contributed by atoms with van der Waals surface area (Å²) in [4.78, 5) is 0. The van der Waals surface area contributed by atoms with Crippen LogP contribution in [0.2, 0.25) is 5.02 Å². The van der Waals surface area contributed by atoms with E-state index < -0.39 is 0 Å². The molecule has 3 aromatic rings. The zero-order valence-electron chi connectivity index (χ0n) is 15.1. The Kier molecular flexibility index (Phi) is 7.27. The summed E-state index contributed by atoms with van der Waals surface area (Å²) < 4.78 is 19.6. The molecule has 1 aromatic heterocycles. The zero-order chi connectivity index (χ0) is 19.8. The van der Waals surface area contributed by atoms with Crippen LogP contribution in [0, 0.1) is 0 Å². The van der Waals surface area contributed by atoms with Crippen LogP contribution < -0.4 is 14.2 Å². The average Bonchev–Trinajstić information content (AvgIpc) is 3.20. The van der Waals surface area contributed by atoms with E-state index in [1.807, 2.05) is 37.3 Å². The standard InChI is InChI=1S/C19H18BrClN4O3/c1-2-26-18-10-14(11-24-25-12-22-23-13-25)9-17(21)19(18)28-8-7-27-16-5-3-15(20)4-6-16/h3-6,9-13H,2,7-8H2,1H3/b24-11+. The first-order valence-electron chi connectivity index (χ1n) is 8.52. The van der Waals surface area contributed by atoms with E-state index >= 15 is 0 Å². The summed E-state index contributed by atoms with van der Waals surface area (Å²) in [6.45, 7) is 3.07. The number of halogens is 2. The summed E-state index contributed by atoms with van der Waals surface area (Å²) >= 11 is 9.79.